The van der Waals surface area contributed by atoms with Crippen LogP contribution in [0.25, 0.3) is 110 Å². The molecule has 12 aromatic rings. The summed E-state index contributed by atoms with van der Waals surface area (Å²) < 4.78 is 11.0. The smallest absolute Gasteiger partial charge is 0.135 e. The van der Waals surface area contributed by atoms with Gasteiger partial charge in [0.25, 0.3) is 0 Å². The zero-order valence-corrected chi connectivity index (χ0v) is 30.9. The molecule has 12 rings (SSSR count). The molecule has 3 nitrogen and oxygen atoms in total. The molecule has 3 heterocycles. The van der Waals surface area contributed by atoms with Crippen LogP contribution >= 0.6 is 0 Å². The van der Waals surface area contributed by atoms with Gasteiger partial charge >= 0.3 is 0 Å². The third-order valence-electron chi connectivity index (χ3n) is 11.7. The van der Waals surface area contributed by atoms with Crippen molar-refractivity contribution in [3.63, 3.8) is 0 Å². The highest BCUT2D eigenvalue weighted by Crippen LogP contribution is 2.39. The van der Waals surface area contributed by atoms with Crippen molar-refractivity contribution in [3.05, 3.63) is 206 Å². The lowest BCUT2D eigenvalue weighted by atomic mass is 9.92. The van der Waals surface area contributed by atoms with Crippen molar-refractivity contribution in [2.45, 2.75) is 0 Å². The van der Waals surface area contributed by atoms with E-state index in [0.717, 1.165) is 66.7 Å². The summed E-state index contributed by atoms with van der Waals surface area (Å²) >= 11 is 0. The molecule has 0 unspecified atom stereocenters. The van der Waals surface area contributed by atoms with Crippen LogP contribution in [0.1, 0.15) is 0 Å². The predicted molar refractivity (Wildman–Crippen MR) is 239 cm³/mol. The molecular formula is C54H34N2O. The van der Waals surface area contributed by atoms with Gasteiger partial charge in [-0.15, -0.1) is 0 Å². The first-order valence-corrected chi connectivity index (χ1v) is 19.5. The molecule has 0 aliphatic rings. The zero-order chi connectivity index (χ0) is 37.5. The Morgan fingerprint density at radius 3 is 1.11 bits per heavy atom. The first-order chi connectivity index (χ1) is 28.2. The van der Waals surface area contributed by atoms with Gasteiger partial charge in [0.05, 0.1) is 22.1 Å². The van der Waals surface area contributed by atoms with Crippen molar-refractivity contribution >= 4 is 65.6 Å². The van der Waals surface area contributed by atoms with Gasteiger partial charge in [-0.05, 0) is 118 Å². The topological polar surface area (TPSA) is 23.0 Å². The fraction of sp³-hybridized carbons (Fsp3) is 0. The number of benzene rings is 9. The van der Waals surface area contributed by atoms with Gasteiger partial charge in [-0.2, -0.15) is 0 Å². The lowest BCUT2D eigenvalue weighted by Gasteiger charge is -2.15. The average Bonchev–Trinajstić information content (AvgIpc) is 3.94. The lowest BCUT2D eigenvalue weighted by Crippen LogP contribution is -1.95. The minimum atomic E-state index is 0.897. The average molecular weight is 727 g/mol. The van der Waals surface area contributed by atoms with Crippen LogP contribution in [-0.2, 0) is 0 Å². The number of hydrogen-bond donors (Lipinski definition) is 0. The van der Waals surface area contributed by atoms with Crippen molar-refractivity contribution in [1.29, 1.82) is 0 Å². The molecule has 3 aromatic heterocycles. The maximum Gasteiger partial charge on any atom is 0.135 e. The Balaban J connectivity index is 1.07. The van der Waals surface area contributed by atoms with Gasteiger partial charge < -0.3 is 13.6 Å². The number of nitrogens with zero attached hydrogens (tertiary/aromatic N) is 2. The maximum atomic E-state index is 6.24. The highest BCUT2D eigenvalue weighted by Gasteiger charge is 2.16. The van der Waals surface area contributed by atoms with E-state index in [1.807, 2.05) is 12.1 Å². The number of aromatic nitrogens is 2. The molecule has 0 spiro atoms. The van der Waals surface area contributed by atoms with Crippen LogP contribution in [0.2, 0.25) is 0 Å². The quantitative estimate of drug-likeness (QED) is 0.173. The van der Waals surface area contributed by atoms with Crippen LogP contribution < -0.4 is 0 Å². The largest absolute Gasteiger partial charge is 0.456 e. The van der Waals surface area contributed by atoms with Gasteiger partial charge in [-0.3, -0.25) is 0 Å². The number of furan rings is 1. The number of para-hydroxylation sites is 5. The second-order valence-corrected chi connectivity index (χ2v) is 14.9. The summed E-state index contributed by atoms with van der Waals surface area (Å²) in [5.74, 6) is 0. The Morgan fingerprint density at radius 1 is 0.246 bits per heavy atom. The molecule has 0 saturated carbocycles. The summed E-state index contributed by atoms with van der Waals surface area (Å²) in [4.78, 5) is 0. The normalized spacial score (nSPS) is 11.9. The standard InChI is InChI=1S/C54H34N2O/c1-6-22-49-43(17-1)44-18-2-7-23-50(44)55(49)41-15-11-13-35(32-41)38-29-39(31-40(30-38)37-27-28-54-48(34-37)47-21-5-10-26-53(47)57-54)36-14-12-16-42(33-36)56-51-24-8-3-19-45(51)46-20-4-9-25-52(46)56/h1-34H. The molecule has 0 amide bonds. The van der Waals surface area contributed by atoms with Crippen LogP contribution in [0.4, 0.5) is 0 Å². The highest BCUT2D eigenvalue weighted by atomic mass is 16.3. The second kappa shape index (κ2) is 12.5. The Labute approximate surface area is 328 Å². The fourth-order valence-corrected chi connectivity index (χ4v) is 9.08. The van der Waals surface area contributed by atoms with E-state index in [1.165, 1.54) is 43.6 Å². The number of fused-ring (bicyclic) bond motifs is 9. The van der Waals surface area contributed by atoms with E-state index in [4.69, 9.17) is 4.42 Å². The minimum Gasteiger partial charge on any atom is -0.456 e. The molecule has 0 fully saturated rings. The van der Waals surface area contributed by atoms with Crippen molar-refractivity contribution in [2.75, 3.05) is 0 Å². The van der Waals surface area contributed by atoms with Crippen LogP contribution in [-0.4, -0.2) is 9.13 Å². The first kappa shape index (κ1) is 31.7. The molecule has 0 bridgehead atoms. The van der Waals surface area contributed by atoms with E-state index < -0.39 is 0 Å². The third-order valence-corrected chi connectivity index (χ3v) is 11.7. The van der Waals surface area contributed by atoms with Gasteiger partial charge in [-0.1, -0.05) is 121 Å². The molecule has 57 heavy (non-hydrogen) atoms. The van der Waals surface area contributed by atoms with Crippen molar-refractivity contribution in [2.24, 2.45) is 0 Å². The van der Waals surface area contributed by atoms with Crippen LogP contribution in [0.15, 0.2) is 211 Å². The summed E-state index contributed by atoms with van der Waals surface area (Å²) in [6, 6.07) is 74.7. The van der Waals surface area contributed by atoms with Gasteiger partial charge in [0.1, 0.15) is 11.2 Å². The summed E-state index contributed by atoms with van der Waals surface area (Å²) in [5.41, 5.74) is 15.8. The SMILES string of the molecule is c1cc(-c2cc(-c3cccc(-n4c5ccccc5c5ccccc54)c3)cc(-c3ccc4oc5ccccc5c4c3)c2)cc(-n2c3ccccc3c3ccccc32)c1. The Kier molecular flexibility index (Phi) is 6.93. The Hall–Kier alpha value is -7.62. The summed E-state index contributed by atoms with van der Waals surface area (Å²) in [6.45, 7) is 0. The monoisotopic (exact) mass is 726 g/mol. The zero-order valence-electron chi connectivity index (χ0n) is 30.9. The number of rotatable bonds is 5. The van der Waals surface area contributed by atoms with Gasteiger partial charge in [0.15, 0.2) is 0 Å². The molecule has 0 radical (unpaired) electrons. The maximum absolute atomic E-state index is 6.24. The molecule has 0 saturated heterocycles. The molecule has 3 heteroatoms. The molecular weight excluding hydrogens is 693 g/mol. The Bertz CT molecular complexity index is 3260. The molecule has 0 atom stereocenters. The summed E-state index contributed by atoms with van der Waals surface area (Å²) in [6.07, 6.45) is 0. The minimum absolute atomic E-state index is 0.897. The van der Waals surface area contributed by atoms with Gasteiger partial charge in [0, 0.05) is 43.7 Å². The van der Waals surface area contributed by atoms with Gasteiger partial charge in [-0.25, -0.2) is 0 Å². The van der Waals surface area contributed by atoms with E-state index in [1.54, 1.807) is 0 Å². The molecule has 9 aromatic carbocycles. The Morgan fingerprint density at radius 2 is 0.632 bits per heavy atom. The van der Waals surface area contributed by atoms with E-state index in [9.17, 15) is 0 Å². The molecule has 266 valence electrons. The van der Waals surface area contributed by atoms with Gasteiger partial charge in [0.2, 0.25) is 0 Å². The van der Waals surface area contributed by atoms with Crippen molar-refractivity contribution in [3.8, 4) is 44.8 Å². The third kappa shape index (κ3) is 4.99. The van der Waals surface area contributed by atoms with Crippen LogP contribution in [0.5, 0.6) is 0 Å². The van der Waals surface area contributed by atoms with E-state index >= 15 is 0 Å². The van der Waals surface area contributed by atoms with E-state index in [2.05, 4.69) is 203 Å². The van der Waals surface area contributed by atoms with E-state index in [0.29, 0.717) is 0 Å². The highest BCUT2D eigenvalue weighted by molar-refractivity contribution is 6.10. The van der Waals surface area contributed by atoms with Crippen molar-refractivity contribution in [1.82, 2.24) is 9.13 Å². The fourth-order valence-electron chi connectivity index (χ4n) is 9.08. The van der Waals surface area contributed by atoms with Crippen LogP contribution in [0, 0.1) is 0 Å². The molecule has 0 aliphatic heterocycles. The molecule has 0 N–H and O–H groups in total. The first-order valence-electron chi connectivity index (χ1n) is 19.5. The predicted octanol–water partition coefficient (Wildman–Crippen LogP) is 14.8. The summed E-state index contributed by atoms with van der Waals surface area (Å²) in [7, 11) is 0. The summed E-state index contributed by atoms with van der Waals surface area (Å²) in [5, 5.41) is 7.28. The van der Waals surface area contributed by atoms with E-state index in [-0.39, 0.29) is 0 Å². The molecule has 0 aliphatic carbocycles. The second-order valence-electron chi connectivity index (χ2n) is 14.9. The lowest BCUT2D eigenvalue weighted by molar-refractivity contribution is 0.669. The van der Waals surface area contributed by atoms with Crippen LogP contribution in [0.3, 0.4) is 0 Å². The number of hydrogen-bond acceptors (Lipinski definition) is 1. The van der Waals surface area contributed by atoms with Crippen molar-refractivity contribution < 1.29 is 4.42 Å².